The van der Waals surface area contributed by atoms with Gasteiger partial charge in [0.1, 0.15) is 0 Å². The number of hydrogen-bond donors (Lipinski definition) is 1. The van der Waals surface area contributed by atoms with Gasteiger partial charge >= 0.3 is 0 Å². The van der Waals surface area contributed by atoms with Gasteiger partial charge in [0.05, 0.1) is 11.6 Å². The molecule has 2 aliphatic rings. The largest absolute Gasteiger partial charge is 0.353 e. The maximum absolute atomic E-state index is 12.7. The van der Waals surface area contributed by atoms with E-state index < -0.39 is 0 Å². The highest BCUT2D eigenvalue weighted by Crippen LogP contribution is 2.28. The highest BCUT2D eigenvalue weighted by molar-refractivity contribution is 7.99. The normalized spacial score (nSPS) is 22.1. The Bertz CT molecular complexity index is 685. The Morgan fingerprint density at radius 3 is 2.56 bits per heavy atom. The van der Waals surface area contributed by atoms with E-state index in [9.17, 15) is 9.59 Å². The molecule has 2 heterocycles. The zero-order valence-electron chi connectivity index (χ0n) is 15.5. The third kappa shape index (κ3) is 4.46. The molecular formula is C19H29N3O2S. The molecule has 1 N–H and O–H groups in total. The second kappa shape index (κ2) is 7.52. The Kier molecular flexibility index (Phi) is 5.56. The van der Waals surface area contributed by atoms with Crippen LogP contribution in [0.4, 0.5) is 0 Å². The first-order valence-corrected chi connectivity index (χ1v) is 10.4. The van der Waals surface area contributed by atoms with Crippen LogP contribution >= 0.6 is 11.8 Å². The number of fused-ring (bicyclic) bond motifs is 1. The first kappa shape index (κ1) is 18.5. The van der Waals surface area contributed by atoms with Crippen LogP contribution in [-0.2, 0) is 16.8 Å². The molecule has 3 rings (SSSR count). The topological polar surface area (TPSA) is 64.0 Å². The number of nitrogens with zero attached hydrogens (tertiary/aromatic N) is 2. The molecule has 1 aromatic rings. The van der Waals surface area contributed by atoms with Crippen LogP contribution in [0.2, 0.25) is 0 Å². The van der Waals surface area contributed by atoms with Crippen LogP contribution in [0.25, 0.3) is 0 Å². The molecule has 0 saturated heterocycles. The molecule has 0 bridgehead atoms. The molecule has 1 fully saturated rings. The van der Waals surface area contributed by atoms with Gasteiger partial charge in [-0.3, -0.25) is 14.2 Å². The zero-order chi connectivity index (χ0) is 18.0. The van der Waals surface area contributed by atoms with Crippen molar-refractivity contribution in [1.29, 1.82) is 0 Å². The van der Waals surface area contributed by atoms with Gasteiger partial charge in [0.15, 0.2) is 5.16 Å². The number of nitrogens with one attached hydrogen (secondary N) is 1. The minimum absolute atomic E-state index is 0.0469. The van der Waals surface area contributed by atoms with E-state index in [1.807, 2.05) is 0 Å². The van der Waals surface area contributed by atoms with Crippen LogP contribution in [-0.4, -0.2) is 27.3 Å². The molecule has 138 valence electrons. The summed E-state index contributed by atoms with van der Waals surface area (Å²) in [4.78, 5) is 29.8. The lowest BCUT2D eigenvalue weighted by Gasteiger charge is -2.28. The highest BCUT2D eigenvalue weighted by Gasteiger charge is 2.29. The average molecular weight is 364 g/mol. The van der Waals surface area contributed by atoms with Crippen LogP contribution in [0.15, 0.2) is 16.0 Å². The summed E-state index contributed by atoms with van der Waals surface area (Å²) in [6.45, 7) is 6.62. The maximum atomic E-state index is 12.7. The third-order valence-corrected chi connectivity index (χ3v) is 6.27. The van der Waals surface area contributed by atoms with Crippen molar-refractivity contribution in [3.63, 3.8) is 0 Å². The van der Waals surface area contributed by atoms with Crippen LogP contribution in [0.1, 0.15) is 65.0 Å². The monoisotopic (exact) mass is 363 g/mol. The van der Waals surface area contributed by atoms with E-state index in [0.29, 0.717) is 18.3 Å². The molecule has 0 spiro atoms. The highest BCUT2D eigenvalue weighted by atomic mass is 32.2. The summed E-state index contributed by atoms with van der Waals surface area (Å²) in [5, 5.41) is 3.97. The lowest BCUT2D eigenvalue weighted by atomic mass is 9.92. The minimum Gasteiger partial charge on any atom is -0.353 e. The lowest BCUT2D eigenvalue weighted by molar-refractivity contribution is -0.125. The number of rotatable bonds is 2. The summed E-state index contributed by atoms with van der Waals surface area (Å²) in [6, 6.07) is 1.93. The Labute approximate surface area is 154 Å². The van der Waals surface area contributed by atoms with E-state index in [0.717, 1.165) is 23.7 Å². The Balaban J connectivity index is 1.70. The van der Waals surface area contributed by atoms with E-state index in [1.54, 1.807) is 10.6 Å². The van der Waals surface area contributed by atoms with Gasteiger partial charge in [0.25, 0.3) is 5.56 Å². The van der Waals surface area contributed by atoms with E-state index in [2.05, 4.69) is 31.1 Å². The summed E-state index contributed by atoms with van der Waals surface area (Å²) in [5.74, 6) is 0.635. The summed E-state index contributed by atoms with van der Waals surface area (Å²) >= 11 is 1.53. The van der Waals surface area contributed by atoms with Gasteiger partial charge in [0, 0.05) is 29.8 Å². The second-order valence-electron chi connectivity index (χ2n) is 8.33. The number of hydrogen-bond acceptors (Lipinski definition) is 4. The van der Waals surface area contributed by atoms with Gasteiger partial charge in [-0.15, -0.1) is 0 Å². The van der Waals surface area contributed by atoms with Gasteiger partial charge < -0.3 is 5.32 Å². The molecular weight excluding hydrogens is 334 g/mol. The van der Waals surface area contributed by atoms with Crippen LogP contribution in [0.5, 0.6) is 0 Å². The van der Waals surface area contributed by atoms with Gasteiger partial charge in [-0.05, 0) is 12.8 Å². The molecule has 1 saturated carbocycles. The van der Waals surface area contributed by atoms with Crippen molar-refractivity contribution < 1.29 is 4.79 Å². The molecule has 1 unspecified atom stereocenters. The van der Waals surface area contributed by atoms with E-state index in [-0.39, 0.29) is 22.8 Å². The minimum atomic E-state index is -0.152. The summed E-state index contributed by atoms with van der Waals surface area (Å²) in [6.07, 6.45) is 7.11. The van der Waals surface area contributed by atoms with Gasteiger partial charge in [-0.1, -0.05) is 58.2 Å². The number of aromatic nitrogens is 2. The van der Waals surface area contributed by atoms with Crippen LogP contribution in [0.3, 0.4) is 0 Å². The zero-order valence-corrected chi connectivity index (χ0v) is 16.3. The summed E-state index contributed by atoms with van der Waals surface area (Å²) in [7, 11) is 0. The molecule has 1 aliphatic carbocycles. The second-order valence-corrected chi connectivity index (χ2v) is 9.31. The van der Waals surface area contributed by atoms with Crippen molar-refractivity contribution in [1.82, 2.24) is 14.9 Å². The number of carbonyl (C=O) groups is 1. The SMILES string of the molecule is CC(C)(C)c1cc(=O)n2c(n1)SCC(C(=O)NC1CCCCCC1)C2. The molecule has 0 radical (unpaired) electrons. The van der Waals surface area contributed by atoms with Crippen molar-refractivity contribution in [2.45, 2.75) is 82.5 Å². The predicted octanol–water partition coefficient (Wildman–Crippen LogP) is 3.10. The fourth-order valence-electron chi connectivity index (χ4n) is 3.50. The lowest BCUT2D eigenvalue weighted by Crippen LogP contribution is -2.44. The summed E-state index contributed by atoms with van der Waals surface area (Å²) in [5.41, 5.74) is 0.621. The first-order chi connectivity index (χ1) is 11.8. The van der Waals surface area contributed by atoms with Crippen molar-refractivity contribution in [3.8, 4) is 0 Å². The van der Waals surface area contributed by atoms with E-state index >= 15 is 0 Å². The van der Waals surface area contributed by atoms with E-state index in [4.69, 9.17) is 0 Å². The molecule has 25 heavy (non-hydrogen) atoms. The quantitative estimate of drug-likeness (QED) is 0.648. The fourth-order valence-corrected chi connectivity index (χ4v) is 4.59. The van der Waals surface area contributed by atoms with Crippen molar-refractivity contribution >= 4 is 17.7 Å². The first-order valence-electron chi connectivity index (χ1n) is 9.40. The van der Waals surface area contributed by atoms with Crippen molar-refractivity contribution in [3.05, 3.63) is 22.1 Å². The fraction of sp³-hybridized carbons (Fsp3) is 0.737. The average Bonchev–Trinajstić information content (AvgIpc) is 2.82. The number of thioether (sulfide) groups is 1. The Morgan fingerprint density at radius 1 is 1.24 bits per heavy atom. The van der Waals surface area contributed by atoms with Crippen LogP contribution < -0.4 is 10.9 Å². The summed E-state index contributed by atoms with van der Waals surface area (Å²) < 4.78 is 1.67. The Hall–Kier alpha value is -1.30. The molecule has 1 aromatic heterocycles. The molecule has 6 heteroatoms. The maximum Gasteiger partial charge on any atom is 0.254 e. The van der Waals surface area contributed by atoms with Gasteiger partial charge in [0.2, 0.25) is 5.91 Å². The standard InChI is InChI=1S/C19H29N3O2S/c1-19(2,3)15-10-16(23)22-11-13(12-25-18(22)21-15)17(24)20-14-8-6-4-5-7-9-14/h10,13-14H,4-9,11-12H2,1-3H3,(H,20,24). The third-order valence-electron chi connectivity index (χ3n) is 5.13. The predicted molar refractivity (Wildman–Crippen MR) is 101 cm³/mol. The molecule has 1 aliphatic heterocycles. The van der Waals surface area contributed by atoms with Crippen molar-refractivity contribution in [2.24, 2.45) is 5.92 Å². The number of carbonyl (C=O) groups excluding carboxylic acids is 1. The van der Waals surface area contributed by atoms with Crippen molar-refractivity contribution in [2.75, 3.05) is 5.75 Å². The molecule has 1 amide bonds. The number of amides is 1. The molecule has 1 atom stereocenters. The Morgan fingerprint density at radius 2 is 1.92 bits per heavy atom. The molecule has 5 nitrogen and oxygen atoms in total. The smallest absolute Gasteiger partial charge is 0.254 e. The van der Waals surface area contributed by atoms with Gasteiger partial charge in [-0.25, -0.2) is 4.98 Å². The van der Waals surface area contributed by atoms with Gasteiger partial charge in [-0.2, -0.15) is 0 Å². The van der Waals surface area contributed by atoms with Crippen LogP contribution in [0, 0.1) is 5.92 Å². The molecule has 0 aromatic carbocycles. The van der Waals surface area contributed by atoms with E-state index in [1.165, 1.54) is 37.4 Å².